The fourth-order valence-corrected chi connectivity index (χ4v) is 3.72. The van der Waals surface area contributed by atoms with E-state index < -0.39 is 15.3 Å². The van der Waals surface area contributed by atoms with Crippen molar-refractivity contribution in [1.82, 2.24) is 4.31 Å². The van der Waals surface area contributed by atoms with E-state index in [1.54, 1.807) is 0 Å². The SMILES string of the molecule is CCC(CN)S(=O)(=O)N1CCOCC1C. The van der Waals surface area contributed by atoms with Crippen LogP contribution in [0.3, 0.4) is 0 Å². The Morgan fingerprint density at radius 1 is 1.60 bits per heavy atom. The molecule has 6 heteroatoms. The van der Waals surface area contributed by atoms with Gasteiger partial charge in [0.1, 0.15) is 0 Å². The molecule has 0 saturated carbocycles. The summed E-state index contributed by atoms with van der Waals surface area (Å²) in [5.41, 5.74) is 5.48. The highest BCUT2D eigenvalue weighted by molar-refractivity contribution is 7.89. The van der Waals surface area contributed by atoms with Crippen LogP contribution in [0.5, 0.6) is 0 Å². The molecular weight excluding hydrogens is 216 g/mol. The number of hydrogen-bond donors (Lipinski definition) is 1. The van der Waals surface area contributed by atoms with Gasteiger partial charge in [-0.2, -0.15) is 4.31 Å². The second-order valence-electron chi connectivity index (χ2n) is 3.85. The van der Waals surface area contributed by atoms with Crippen molar-refractivity contribution in [2.75, 3.05) is 26.3 Å². The van der Waals surface area contributed by atoms with Crippen LogP contribution in [0, 0.1) is 0 Å². The van der Waals surface area contributed by atoms with Gasteiger partial charge in [0.05, 0.1) is 18.5 Å². The van der Waals surface area contributed by atoms with Crippen LogP contribution in [0.1, 0.15) is 20.3 Å². The zero-order valence-corrected chi connectivity index (χ0v) is 10.2. The van der Waals surface area contributed by atoms with E-state index in [0.29, 0.717) is 26.2 Å². The van der Waals surface area contributed by atoms with Crippen LogP contribution in [0.4, 0.5) is 0 Å². The number of morpholine rings is 1. The molecule has 0 amide bonds. The summed E-state index contributed by atoms with van der Waals surface area (Å²) in [6.45, 7) is 5.29. The van der Waals surface area contributed by atoms with Gasteiger partial charge in [0.25, 0.3) is 0 Å². The molecule has 2 atom stereocenters. The minimum absolute atomic E-state index is 0.0793. The van der Waals surface area contributed by atoms with Crippen molar-refractivity contribution in [3.05, 3.63) is 0 Å². The van der Waals surface area contributed by atoms with Crippen molar-refractivity contribution in [2.24, 2.45) is 5.73 Å². The fraction of sp³-hybridized carbons (Fsp3) is 1.00. The van der Waals surface area contributed by atoms with Crippen molar-refractivity contribution in [3.63, 3.8) is 0 Å². The average molecular weight is 236 g/mol. The summed E-state index contributed by atoms with van der Waals surface area (Å²) >= 11 is 0. The Morgan fingerprint density at radius 3 is 2.73 bits per heavy atom. The van der Waals surface area contributed by atoms with Gasteiger partial charge in [-0.15, -0.1) is 0 Å². The third kappa shape index (κ3) is 2.69. The fourth-order valence-electron chi connectivity index (χ4n) is 1.78. The highest BCUT2D eigenvalue weighted by atomic mass is 32.2. The molecule has 1 aliphatic rings. The van der Waals surface area contributed by atoms with E-state index in [-0.39, 0.29) is 12.6 Å². The van der Waals surface area contributed by atoms with E-state index in [0.717, 1.165) is 0 Å². The van der Waals surface area contributed by atoms with Crippen LogP contribution >= 0.6 is 0 Å². The molecule has 0 spiro atoms. The van der Waals surface area contributed by atoms with E-state index in [9.17, 15) is 8.42 Å². The van der Waals surface area contributed by atoms with Gasteiger partial charge < -0.3 is 10.5 Å². The molecule has 0 bridgehead atoms. The number of hydrogen-bond acceptors (Lipinski definition) is 4. The molecule has 1 rings (SSSR count). The predicted molar refractivity (Wildman–Crippen MR) is 59.0 cm³/mol. The van der Waals surface area contributed by atoms with Crippen molar-refractivity contribution in [3.8, 4) is 0 Å². The molecule has 90 valence electrons. The van der Waals surface area contributed by atoms with Gasteiger partial charge in [-0.25, -0.2) is 8.42 Å². The predicted octanol–water partition coefficient (Wildman–Crippen LogP) is -0.226. The van der Waals surface area contributed by atoms with Gasteiger partial charge >= 0.3 is 0 Å². The smallest absolute Gasteiger partial charge is 0.218 e. The molecule has 2 unspecified atom stereocenters. The zero-order valence-electron chi connectivity index (χ0n) is 9.35. The summed E-state index contributed by atoms with van der Waals surface area (Å²) in [6.07, 6.45) is 0.558. The molecule has 0 aromatic heterocycles. The van der Waals surface area contributed by atoms with Crippen LogP contribution in [0.15, 0.2) is 0 Å². The Morgan fingerprint density at radius 2 is 2.27 bits per heavy atom. The number of rotatable bonds is 4. The summed E-state index contributed by atoms with van der Waals surface area (Å²) in [6, 6.07) is -0.0793. The highest BCUT2D eigenvalue weighted by Crippen LogP contribution is 2.17. The minimum Gasteiger partial charge on any atom is -0.378 e. The molecule has 0 aliphatic carbocycles. The minimum atomic E-state index is -3.25. The van der Waals surface area contributed by atoms with Gasteiger partial charge in [-0.1, -0.05) is 6.92 Å². The standard InChI is InChI=1S/C9H20N2O3S/c1-3-9(6-10)15(12,13)11-4-5-14-7-8(11)2/h8-9H,3-7,10H2,1-2H3. The van der Waals surface area contributed by atoms with Gasteiger partial charge in [-0.05, 0) is 13.3 Å². The molecule has 5 nitrogen and oxygen atoms in total. The molecule has 0 aromatic rings. The maximum atomic E-state index is 12.1. The Labute approximate surface area is 91.6 Å². The number of sulfonamides is 1. The molecule has 1 aliphatic heterocycles. The van der Waals surface area contributed by atoms with Gasteiger partial charge in [0, 0.05) is 19.1 Å². The topological polar surface area (TPSA) is 72.6 Å². The third-order valence-electron chi connectivity index (χ3n) is 2.77. The lowest BCUT2D eigenvalue weighted by Crippen LogP contribution is -2.51. The summed E-state index contributed by atoms with van der Waals surface area (Å²) < 4.78 is 31.0. The maximum Gasteiger partial charge on any atom is 0.218 e. The lowest BCUT2D eigenvalue weighted by Gasteiger charge is -2.34. The first-order valence-corrected chi connectivity index (χ1v) is 6.82. The first-order chi connectivity index (χ1) is 7.04. The summed E-state index contributed by atoms with van der Waals surface area (Å²) in [5, 5.41) is -0.460. The van der Waals surface area contributed by atoms with E-state index in [4.69, 9.17) is 10.5 Å². The lowest BCUT2D eigenvalue weighted by atomic mass is 10.3. The molecular formula is C9H20N2O3S. The summed E-state index contributed by atoms with van der Waals surface area (Å²) in [4.78, 5) is 0. The van der Waals surface area contributed by atoms with Gasteiger partial charge in [0.15, 0.2) is 0 Å². The van der Waals surface area contributed by atoms with Gasteiger partial charge in [0.2, 0.25) is 10.0 Å². The molecule has 1 heterocycles. The Hall–Kier alpha value is -0.170. The van der Waals surface area contributed by atoms with Crippen molar-refractivity contribution < 1.29 is 13.2 Å². The Kier molecular flexibility index (Phi) is 4.51. The molecule has 0 radical (unpaired) electrons. The van der Waals surface area contributed by atoms with E-state index >= 15 is 0 Å². The van der Waals surface area contributed by atoms with Crippen molar-refractivity contribution in [2.45, 2.75) is 31.6 Å². The lowest BCUT2D eigenvalue weighted by molar-refractivity contribution is 0.0388. The van der Waals surface area contributed by atoms with Crippen molar-refractivity contribution >= 4 is 10.0 Å². The van der Waals surface area contributed by atoms with E-state index in [2.05, 4.69) is 0 Å². The number of nitrogens with zero attached hydrogens (tertiary/aromatic N) is 1. The second-order valence-corrected chi connectivity index (χ2v) is 6.01. The van der Waals surface area contributed by atoms with Crippen LogP contribution in [-0.4, -0.2) is 50.3 Å². The van der Waals surface area contributed by atoms with Crippen molar-refractivity contribution in [1.29, 1.82) is 0 Å². The Bertz CT molecular complexity index is 288. The normalized spacial score (nSPS) is 26.5. The molecule has 1 saturated heterocycles. The molecule has 0 aromatic carbocycles. The average Bonchev–Trinajstić information content (AvgIpc) is 2.19. The molecule has 2 N–H and O–H groups in total. The van der Waals surface area contributed by atoms with Crippen LogP contribution < -0.4 is 5.73 Å². The van der Waals surface area contributed by atoms with E-state index in [1.807, 2.05) is 13.8 Å². The summed E-state index contributed by atoms with van der Waals surface area (Å²) in [5.74, 6) is 0. The molecule has 15 heavy (non-hydrogen) atoms. The molecule has 1 fully saturated rings. The first-order valence-electron chi connectivity index (χ1n) is 5.32. The first kappa shape index (κ1) is 12.9. The maximum absolute atomic E-state index is 12.1. The van der Waals surface area contributed by atoms with Crippen LogP contribution in [-0.2, 0) is 14.8 Å². The second kappa shape index (κ2) is 5.25. The number of ether oxygens (including phenoxy) is 1. The van der Waals surface area contributed by atoms with Crippen LogP contribution in [0.25, 0.3) is 0 Å². The summed E-state index contributed by atoms with van der Waals surface area (Å²) in [7, 11) is -3.25. The van der Waals surface area contributed by atoms with Gasteiger partial charge in [-0.3, -0.25) is 0 Å². The monoisotopic (exact) mass is 236 g/mol. The zero-order chi connectivity index (χ0) is 11.5. The van der Waals surface area contributed by atoms with Crippen LogP contribution in [0.2, 0.25) is 0 Å². The number of nitrogens with two attached hydrogens (primary N) is 1. The quantitative estimate of drug-likeness (QED) is 0.732. The highest BCUT2D eigenvalue weighted by Gasteiger charge is 2.34. The van der Waals surface area contributed by atoms with E-state index in [1.165, 1.54) is 4.31 Å². The largest absolute Gasteiger partial charge is 0.378 e. The Balaban J connectivity index is 2.83. The third-order valence-corrected chi connectivity index (χ3v) is 5.34.